The lowest BCUT2D eigenvalue weighted by atomic mass is 10.1. The molecule has 27 heavy (non-hydrogen) atoms. The molecule has 1 N–H and O–H groups in total. The predicted octanol–water partition coefficient (Wildman–Crippen LogP) is 5.69. The van der Waals surface area contributed by atoms with Gasteiger partial charge in [-0.25, -0.2) is 9.78 Å². The average Bonchev–Trinajstić information content (AvgIpc) is 3.08. The topological polar surface area (TPSA) is 85.5 Å². The second kappa shape index (κ2) is 6.90. The Balaban J connectivity index is 1.65. The third kappa shape index (κ3) is 3.45. The smallest absolute Gasteiger partial charge is 0.335 e. The number of hydrogen-bond donors (Lipinski definition) is 1. The number of carboxylic acid groups (broad SMARTS) is 1. The maximum absolute atomic E-state index is 11.2. The fraction of sp³-hybridized carbons (Fsp3) is 0. The van der Waals surface area contributed by atoms with E-state index in [1.165, 1.54) is 18.3 Å². The Morgan fingerprint density at radius 2 is 1.85 bits per heavy atom. The van der Waals surface area contributed by atoms with Gasteiger partial charge in [-0.1, -0.05) is 28.4 Å². The number of halogens is 2. The van der Waals surface area contributed by atoms with E-state index in [0.717, 1.165) is 5.56 Å². The maximum Gasteiger partial charge on any atom is 0.335 e. The molecule has 0 spiro atoms. The van der Waals surface area contributed by atoms with Crippen LogP contribution in [0.15, 0.2) is 59.3 Å². The average molecular weight is 401 g/mol. The number of carbonyl (C=O) groups is 1. The van der Waals surface area contributed by atoms with Gasteiger partial charge >= 0.3 is 5.97 Å². The minimum absolute atomic E-state index is 0.162. The Morgan fingerprint density at radius 3 is 2.56 bits per heavy atom. The van der Waals surface area contributed by atoms with Crippen molar-refractivity contribution >= 4 is 40.1 Å². The molecule has 0 saturated carbocycles. The van der Waals surface area contributed by atoms with Crippen molar-refractivity contribution in [1.29, 1.82) is 0 Å². The van der Waals surface area contributed by atoms with Crippen molar-refractivity contribution in [3.8, 4) is 23.0 Å². The Labute approximate surface area is 162 Å². The van der Waals surface area contributed by atoms with Crippen molar-refractivity contribution in [2.75, 3.05) is 0 Å². The summed E-state index contributed by atoms with van der Waals surface area (Å²) in [5.74, 6) is 0.220. The van der Waals surface area contributed by atoms with Crippen LogP contribution in [0.25, 0.3) is 22.2 Å². The van der Waals surface area contributed by atoms with Gasteiger partial charge in [-0.15, -0.1) is 0 Å². The molecule has 4 rings (SSSR count). The number of pyridine rings is 1. The largest absolute Gasteiger partial charge is 0.478 e. The minimum Gasteiger partial charge on any atom is -0.478 e. The number of fused-ring (bicyclic) bond motifs is 1. The second-order valence-electron chi connectivity index (χ2n) is 5.62. The lowest BCUT2D eigenvalue weighted by molar-refractivity contribution is 0.0697. The van der Waals surface area contributed by atoms with Crippen LogP contribution >= 0.6 is 23.2 Å². The van der Waals surface area contributed by atoms with Gasteiger partial charge in [-0.05, 0) is 48.5 Å². The van der Waals surface area contributed by atoms with Crippen molar-refractivity contribution < 1.29 is 19.2 Å². The molecule has 2 aromatic carbocycles. The summed E-state index contributed by atoms with van der Waals surface area (Å²) in [6.07, 6.45) is 1.44. The quantitative estimate of drug-likeness (QED) is 0.473. The van der Waals surface area contributed by atoms with Crippen LogP contribution in [0, 0.1) is 0 Å². The molecule has 2 heterocycles. The molecule has 0 bridgehead atoms. The molecule has 0 amide bonds. The highest BCUT2D eigenvalue weighted by Gasteiger charge is 2.14. The fourth-order valence-electron chi connectivity index (χ4n) is 2.55. The van der Waals surface area contributed by atoms with Crippen molar-refractivity contribution in [2.45, 2.75) is 0 Å². The number of aromatic carboxylic acids is 1. The van der Waals surface area contributed by atoms with Gasteiger partial charge in [0, 0.05) is 11.8 Å². The summed E-state index contributed by atoms with van der Waals surface area (Å²) in [6.45, 7) is 0. The molecular formula is C19H10Cl2N2O4. The Hall–Kier alpha value is -3.09. The highest BCUT2D eigenvalue weighted by Crippen LogP contribution is 2.33. The van der Waals surface area contributed by atoms with E-state index in [1.807, 2.05) is 0 Å². The van der Waals surface area contributed by atoms with Crippen molar-refractivity contribution in [3.63, 3.8) is 0 Å². The van der Waals surface area contributed by atoms with Crippen molar-refractivity contribution in [3.05, 3.63) is 70.3 Å². The molecule has 0 atom stereocenters. The first-order chi connectivity index (χ1) is 13.0. The molecule has 2 aromatic heterocycles. The predicted molar refractivity (Wildman–Crippen MR) is 101 cm³/mol. The minimum atomic E-state index is -1.01. The second-order valence-corrected chi connectivity index (χ2v) is 6.46. The Kier molecular flexibility index (Phi) is 4.43. The summed E-state index contributed by atoms with van der Waals surface area (Å²) in [4.78, 5) is 15.2. The lowest BCUT2D eigenvalue weighted by Gasteiger charge is -2.07. The third-order valence-electron chi connectivity index (χ3n) is 3.83. The van der Waals surface area contributed by atoms with Crippen LogP contribution in [0.2, 0.25) is 10.0 Å². The summed E-state index contributed by atoms with van der Waals surface area (Å²) >= 11 is 11.9. The van der Waals surface area contributed by atoms with E-state index in [9.17, 15) is 4.79 Å². The standard InChI is InChI=1S/C19H10Cl2N2O4/c20-12-8-15(21)18(22-9-12)26-13-4-1-10(2-5-13)17-14-7-11(19(24)25)3-6-16(14)23-27-17/h1-9H,(H,24,25). The molecule has 0 unspecified atom stereocenters. The highest BCUT2D eigenvalue weighted by molar-refractivity contribution is 6.35. The fourth-order valence-corrected chi connectivity index (χ4v) is 2.96. The van der Waals surface area contributed by atoms with E-state index >= 15 is 0 Å². The molecule has 0 aliphatic heterocycles. The van der Waals surface area contributed by atoms with Gasteiger partial charge in [0.25, 0.3) is 0 Å². The lowest BCUT2D eigenvalue weighted by Crippen LogP contribution is -1.94. The zero-order valence-corrected chi connectivity index (χ0v) is 15.0. The number of rotatable bonds is 4. The van der Waals surface area contributed by atoms with Crippen LogP contribution in [-0.4, -0.2) is 21.2 Å². The van der Waals surface area contributed by atoms with E-state index in [-0.39, 0.29) is 11.4 Å². The van der Waals surface area contributed by atoms with E-state index in [4.69, 9.17) is 37.6 Å². The number of hydrogen-bond acceptors (Lipinski definition) is 5. The van der Waals surface area contributed by atoms with Gasteiger partial charge in [-0.2, -0.15) is 0 Å². The molecule has 0 aliphatic rings. The van der Waals surface area contributed by atoms with Gasteiger partial charge in [0.15, 0.2) is 5.76 Å². The van der Waals surface area contributed by atoms with Crippen LogP contribution < -0.4 is 4.74 Å². The zero-order valence-electron chi connectivity index (χ0n) is 13.5. The van der Waals surface area contributed by atoms with Crippen molar-refractivity contribution in [2.24, 2.45) is 0 Å². The number of carboxylic acids is 1. The molecular weight excluding hydrogens is 391 g/mol. The number of ether oxygens (including phenoxy) is 1. The van der Waals surface area contributed by atoms with E-state index in [0.29, 0.717) is 32.5 Å². The normalized spacial score (nSPS) is 10.9. The first-order valence-corrected chi connectivity index (χ1v) is 8.49. The molecule has 0 saturated heterocycles. The van der Waals surface area contributed by atoms with Gasteiger partial charge in [0.05, 0.1) is 16.0 Å². The van der Waals surface area contributed by atoms with Crippen LogP contribution in [0.1, 0.15) is 10.4 Å². The molecule has 4 aromatic rings. The zero-order chi connectivity index (χ0) is 19.0. The summed E-state index contributed by atoms with van der Waals surface area (Å²) in [6, 6.07) is 13.1. The molecule has 0 fully saturated rings. The van der Waals surface area contributed by atoms with Crippen LogP contribution in [0.4, 0.5) is 0 Å². The number of nitrogens with zero attached hydrogens (tertiary/aromatic N) is 2. The Morgan fingerprint density at radius 1 is 1.07 bits per heavy atom. The highest BCUT2D eigenvalue weighted by atomic mass is 35.5. The molecule has 6 nitrogen and oxygen atoms in total. The molecule has 134 valence electrons. The monoisotopic (exact) mass is 400 g/mol. The first-order valence-electron chi connectivity index (χ1n) is 7.73. The van der Waals surface area contributed by atoms with Crippen LogP contribution in [-0.2, 0) is 0 Å². The Bertz CT molecular complexity index is 1160. The third-order valence-corrected chi connectivity index (χ3v) is 4.31. The maximum atomic E-state index is 11.2. The van der Waals surface area contributed by atoms with Gasteiger partial charge < -0.3 is 14.4 Å². The van der Waals surface area contributed by atoms with E-state index in [1.54, 1.807) is 36.4 Å². The molecule has 0 radical (unpaired) electrons. The summed E-state index contributed by atoms with van der Waals surface area (Å²) < 4.78 is 11.0. The molecule has 8 heteroatoms. The van der Waals surface area contributed by atoms with Gasteiger partial charge in [0.1, 0.15) is 16.3 Å². The van der Waals surface area contributed by atoms with Crippen molar-refractivity contribution in [1.82, 2.24) is 10.1 Å². The van der Waals surface area contributed by atoms with Crippen LogP contribution in [0.3, 0.4) is 0 Å². The van der Waals surface area contributed by atoms with Gasteiger partial charge in [-0.3, -0.25) is 0 Å². The van der Waals surface area contributed by atoms with E-state index in [2.05, 4.69) is 10.1 Å². The number of aromatic nitrogens is 2. The number of benzene rings is 2. The SMILES string of the molecule is O=C(O)c1ccc2noc(-c3ccc(Oc4ncc(Cl)cc4Cl)cc3)c2c1. The summed E-state index contributed by atoms with van der Waals surface area (Å²) in [5.41, 5.74) is 1.46. The van der Waals surface area contributed by atoms with E-state index < -0.39 is 5.97 Å². The first kappa shape index (κ1) is 17.3. The van der Waals surface area contributed by atoms with Gasteiger partial charge in [0.2, 0.25) is 5.88 Å². The summed E-state index contributed by atoms with van der Waals surface area (Å²) in [5, 5.41) is 14.5. The molecule has 0 aliphatic carbocycles. The summed E-state index contributed by atoms with van der Waals surface area (Å²) in [7, 11) is 0. The van der Waals surface area contributed by atoms with Crippen LogP contribution in [0.5, 0.6) is 11.6 Å².